The molecule has 0 bridgehead atoms. The SMILES string of the molecule is Cc1c(C)c(C)c2c(c1C)-c1c(C)c(C)c3c(C)cc4c(C)c(C)c(C)c5c(C)c-2c1c3c45. The van der Waals surface area contributed by atoms with Gasteiger partial charge >= 0.3 is 0 Å². The minimum atomic E-state index is 1.41. The van der Waals surface area contributed by atoms with Crippen LogP contribution in [0.5, 0.6) is 0 Å². The highest BCUT2D eigenvalue weighted by Crippen LogP contribution is 2.59. The first-order valence-corrected chi connectivity index (χ1v) is 12.3. The highest BCUT2D eigenvalue weighted by atomic mass is 14.4. The van der Waals surface area contributed by atoms with Gasteiger partial charge in [-0.3, -0.25) is 0 Å². The van der Waals surface area contributed by atoms with Crippen molar-refractivity contribution in [1.82, 2.24) is 0 Å². The molecule has 0 saturated heterocycles. The second kappa shape index (κ2) is 6.17. The summed E-state index contributed by atoms with van der Waals surface area (Å²) in [4.78, 5) is 0. The molecule has 0 N–H and O–H groups in total. The summed E-state index contributed by atoms with van der Waals surface area (Å²) in [5.41, 5.74) is 21.9. The molecule has 0 nitrogen and oxygen atoms in total. The van der Waals surface area contributed by atoms with E-state index in [1.54, 1.807) is 0 Å². The van der Waals surface area contributed by atoms with Crippen LogP contribution in [0, 0.1) is 76.2 Å². The number of benzene rings is 5. The molecular formula is C33H34. The van der Waals surface area contributed by atoms with E-state index in [2.05, 4.69) is 82.2 Å². The molecule has 33 heavy (non-hydrogen) atoms. The van der Waals surface area contributed by atoms with Crippen LogP contribution in [0.3, 0.4) is 0 Å². The Bertz CT molecular complexity index is 1740. The van der Waals surface area contributed by atoms with E-state index in [1.165, 1.54) is 116 Å². The number of hydrogen-bond donors (Lipinski definition) is 0. The maximum atomic E-state index is 2.47. The van der Waals surface area contributed by atoms with Crippen molar-refractivity contribution in [3.63, 3.8) is 0 Å². The molecule has 1 aliphatic carbocycles. The van der Waals surface area contributed by atoms with Gasteiger partial charge in [-0.15, -0.1) is 0 Å². The lowest BCUT2D eigenvalue weighted by Gasteiger charge is -2.24. The van der Waals surface area contributed by atoms with Crippen molar-refractivity contribution in [3.05, 3.63) is 67.3 Å². The van der Waals surface area contributed by atoms with Gasteiger partial charge in [0.05, 0.1) is 0 Å². The Morgan fingerprint density at radius 1 is 0.303 bits per heavy atom. The van der Waals surface area contributed by atoms with E-state index in [0.717, 1.165) is 0 Å². The molecule has 6 rings (SSSR count). The van der Waals surface area contributed by atoms with Crippen LogP contribution in [0.15, 0.2) is 6.07 Å². The van der Waals surface area contributed by atoms with E-state index in [0.29, 0.717) is 0 Å². The van der Waals surface area contributed by atoms with Crippen LogP contribution in [-0.2, 0) is 0 Å². The summed E-state index contributed by atoms with van der Waals surface area (Å²) in [6, 6.07) is 2.47. The van der Waals surface area contributed by atoms with Crippen molar-refractivity contribution >= 4 is 32.3 Å². The monoisotopic (exact) mass is 430 g/mol. The Morgan fingerprint density at radius 3 is 1.33 bits per heavy atom. The lowest BCUT2D eigenvalue weighted by Crippen LogP contribution is -2.00. The summed E-state index contributed by atoms with van der Waals surface area (Å²) >= 11 is 0. The zero-order valence-corrected chi connectivity index (χ0v) is 22.1. The van der Waals surface area contributed by atoms with E-state index in [4.69, 9.17) is 0 Å². The van der Waals surface area contributed by atoms with Gasteiger partial charge in [0, 0.05) is 0 Å². The minimum Gasteiger partial charge on any atom is -0.0505 e. The molecular weight excluding hydrogens is 396 g/mol. The van der Waals surface area contributed by atoms with Gasteiger partial charge in [0.15, 0.2) is 0 Å². The summed E-state index contributed by atoms with van der Waals surface area (Å²) < 4.78 is 0. The molecule has 0 unspecified atom stereocenters. The maximum Gasteiger partial charge on any atom is -0.000782 e. The minimum absolute atomic E-state index is 1.41. The molecule has 0 saturated carbocycles. The zero-order valence-electron chi connectivity index (χ0n) is 22.1. The molecule has 0 fully saturated rings. The van der Waals surface area contributed by atoms with Gasteiger partial charge in [0.1, 0.15) is 0 Å². The molecule has 5 aromatic carbocycles. The van der Waals surface area contributed by atoms with Crippen LogP contribution < -0.4 is 0 Å². The molecule has 0 heterocycles. The van der Waals surface area contributed by atoms with Gasteiger partial charge in [-0.1, -0.05) is 6.07 Å². The third kappa shape index (κ3) is 2.10. The second-order valence-electron chi connectivity index (χ2n) is 10.9. The summed E-state index contributed by atoms with van der Waals surface area (Å²) in [5, 5.41) is 8.92. The lowest BCUT2D eigenvalue weighted by molar-refractivity contribution is 1.22. The van der Waals surface area contributed by atoms with Crippen molar-refractivity contribution in [2.45, 2.75) is 76.2 Å². The van der Waals surface area contributed by atoms with Crippen LogP contribution in [0.2, 0.25) is 0 Å². The molecule has 0 aliphatic heterocycles. The third-order valence-corrected chi connectivity index (χ3v) is 9.68. The molecule has 0 heteroatoms. The van der Waals surface area contributed by atoms with Gasteiger partial charge in [-0.05, 0) is 192 Å². The summed E-state index contributed by atoms with van der Waals surface area (Å²) in [6.07, 6.45) is 0. The molecule has 0 amide bonds. The second-order valence-corrected chi connectivity index (χ2v) is 10.9. The molecule has 0 atom stereocenters. The van der Waals surface area contributed by atoms with Crippen molar-refractivity contribution in [2.24, 2.45) is 0 Å². The third-order valence-electron chi connectivity index (χ3n) is 9.68. The average molecular weight is 431 g/mol. The van der Waals surface area contributed by atoms with E-state index in [-0.39, 0.29) is 0 Å². The van der Waals surface area contributed by atoms with Crippen LogP contribution in [0.1, 0.15) is 61.2 Å². The van der Waals surface area contributed by atoms with Gasteiger partial charge < -0.3 is 0 Å². The van der Waals surface area contributed by atoms with Crippen LogP contribution >= 0.6 is 0 Å². The molecule has 0 aromatic heterocycles. The van der Waals surface area contributed by atoms with Gasteiger partial charge in [0.25, 0.3) is 0 Å². The van der Waals surface area contributed by atoms with Crippen molar-refractivity contribution in [1.29, 1.82) is 0 Å². The highest BCUT2D eigenvalue weighted by Gasteiger charge is 2.34. The Balaban J connectivity index is 2.10. The lowest BCUT2D eigenvalue weighted by atomic mass is 9.79. The Labute approximate surface area is 198 Å². The van der Waals surface area contributed by atoms with Crippen molar-refractivity contribution in [3.8, 4) is 22.3 Å². The first-order valence-electron chi connectivity index (χ1n) is 12.3. The van der Waals surface area contributed by atoms with Gasteiger partial charge in [0.2, 0.25) is 0 Å². The van der Waals surface area contributed by atoms with Gasteiger partial charge in [-0.25, -0.2) is 0 Å². The molecule has 0 radical (unpaired) electrons. The highest BCUT2D eigenvalue weighted by molar-refractivity contribution is 6.35. The Kier molecular flexibility index (Phi) is 3.88. The predicted octanol–water partition coefficient (Wildman–Crippen LogP) is 9.62. The summed E-state index contributed by atoms with van der Waals surface area (Å²) in [5.74, 6) is 0. The normalized spacial score (nSPS) is 12.7. The molecule has 5 aromatic rings. The quantitative estimate of drug-likeness (QED) is 0.210. The van der Waals surface area contributed by atoms with E-state index >= 15 is 0 Å². The fourth-order valence-electron chi connectivity index (χ4n) is 7.25. The molecule has 0 spiro atoms. The first-order chi connectivity index (χ1) is 15.5. The summed E-state index contributed by atoms with van der Waals surface area (Å²) in [7, 11) is 0. The predicted molar refractivity (Wildman–Crippen MR) is 147 cm³/mol. The largest absolute Gasteiger partial charge is 0.0505 e. The molecule has 166 valence electrons. The fraction of sp³-hybridized carbons (Fsp3) is 0.333. The van der Waals surface area contributed by atoms with E-state index < -0.39 is 0 Å². The standard InChI is InChI=1S/C33H34/c1-13-12-24-17(5)16(4)18(6)26-23(11)30-28-20(8)15(3)14(2)19(7)27(28)29-22(10)21(9)25(13)32(31(24)26)33(29)30/h12H,1-11H3. The number of hydrogen-bond acceptors (Lipinski definition) is 0. The summed E-state index contributed by atoms with van der Waals surface area (Å²) in [6.45, 7) is 25.7. The number of fused-ring (bicyclic) bond motifs is 3. The fourth-order valence-corrected chi connectivity index (χ4v) is 7.25. The molecule has 1 aliphatic rings. The van der Waals surface area contributed by atoms with Crippen molar-refractivity contribution < 1.29 is 0 Å². The van der Waals surface area contributed by atoms with E-state index in [1.807, 2.05) is 0 Å². The smallest absolute Gasteiger partial charge is 0.000782 e. The Hall–Kier alpha value is -2.86. The van der Waals surface area contributed by atoms with Crippen LogP contribution in [0.4, 0.5) is 0 Å². The maximum absolute atomic E-state index is 2.47. The van der Waals surface area contributed by atoms with Crippen molar-refractivity contribution in [2.75, 3.05) is 0 Å². The first kappa shape index (κ1) is 20.7. The Morgan fingerprint density at radius 2 is 0.758 bits per heavy atom. The number of rotatable bonds is 0. The van der Waals surface area contributed by atoms with Crippen LogP contribution in [-0.4, -0.2) is 0 Å². The van der Waals surface area contributed by atoms with Gasteiger partial charge in [-0.2, -0.15) is 0 Å². The number of aryl methyl sites for hydroxylation is 5. The average Bonchev–Trinajstić information content (AvgIpc) is 3.14. The van der Waals surface area contributed by atoms with Crippen LogP contribution in [0.25, 0.3) is 54.6 Å². The topological polar surface area (TPSA) is 0 Å². The zero-order chi connectivity index (χ0) is 23.8. The van der Waals surface area contributed by atoms with E-state index in [9.17, 15) is 0 Å².